The first-order valence-corrected chi connectivity index (χ1v) is 32.9. The standard InChI is InChI=1S/C64H120NO8P/c1-6-8-10-12-14-16-18-20-22-24-26-28-30-31-32-33-35-37-39-41-43-45-47-49-51-53-55-57-64(67)73-62(61-72-74(68,69)71-59-58-65(3,4)5)60-70-63(66)56-54-52-50-48-46-44-42-40-38-36-34-29-27-25-23-21-19-17-15-13-11-9-7-2/h18-21,24-27,62H,6-17,22-23,28-61H2,1-5H3/p+1/b20-18-,21-19-,26-24-,27-25-. The Kier molecular flexibility index (Phi) is 54.2. The second-order valence-electron chi connectivity index (χ2n) is 22.4. The average molecular weight is 1060 g/mol. The van der Waals surface area contributed by atoms with Crippen LogP contribution in [0.1, 0.15) is 296 Å². The van der Waals surface area contributed by atoms with Gasteiger partial charge >= 0.3 is 19.8 Å². The van der Waals surface area contributed by atoms with Gasteiger partial charge in [0.1, 0.15) is 19.8 Å². The highest BCUT2D eigenvalue weighted by atomic mass is 31.2. The molecule has 2 atom stereocenters. The molecule has 0 aromatic rings. The van der Waals surface area contributed by atoms with E-state index in [9.17, 15) is 19.0 Å². The van der Waals surface area contributed by atoms with Crippen molar-refractivity contribution < 1.29 is 42.1 Å². The number of carbonyl (C=O) groups excluding carboxylic acids is 2. The number of esters is 2. The summed E-state index contributed by atoms with van der Waals surface area (Å²) in [5.41, 5.74) is 0. The maximum Gasteiger partial charge on any atom is 0.472 e. The summed E-state index contributed by atoms with van der Waals surface area (Å²) in [5, 5.41) is 0. The highest BCUT2D eigenvalue weighted by molar-refractivity contribution is 7.47. The molecule has 0 bridgehead atoms. The number of hydrogen-bond donors (Lipinski definition) is 1. The van der Waals surface area contributed by atoms with Gasteiger partial charge in [0, 0.05) is 12.8 Å². The van der Waals surface area contributed by atoms with E-state index in [1.807, 2.05) is 21.1 Å². The molecule has 0 spiro atoms. The number of likely N-dealkylation sites (N-methyl/N-ethyl adjacent to an activating group) is 1. The van der Waals surface area contributed by atoms with Crippen molar-refractivity contribution in [2.45, 2.75) is 302 Å². The van der Waals surface area contributed by atoms with Crippen molar-refractivity contribution in [2.24, 2.45) is 0 Å². The van der Waals surface area contributed by atoms with Crippen molar-refractivity contribution in [1.29, 1.82) is 0 Å². The molecule has 0 saturated heterocycles. The van der Waals surface area contributed by atoms with Crippen molar-refractivity contribution in [3.05, 3.63) is 48.6 Å². The molecule has 0 aliphatic carbocycles. The molecule has 74 heavy (non-hydrogen) atoms. The van der Waals surface area contributed by atoms with Gasteiger partial charge in [-0.25, -0.2) is 4.57 Å². The van der Waals surface area contributed by atoms with Gasteiger partial charge in [-0.3, -0.25) is 18.6 Å². The fraction of sp³-hybridized carbons (Fsp3) is 0.844. The molecule has 0 aromatic heterocycles. The first kappa shape index (κ1) is 72.0. The van der Waals surface area contributed by atoms with Crippen LogP contribution in [0, 0.1) is 0 Å². The summed E-state index contributed by atoms with van der Waals surface area (Å²) in [4.78, 5) is 35.8. The third-order valence-electron chi connectivity index (χ3n) is 13.8. The van der Waals surface area contributed by atoms with Crippen LogP contribution in [0.3, 0.4) is 0 Å². The number of phosphoric acid groups is 1. The Labute approximate surface area is 458 Å². The molecule has 0 rings (SSSR count). The molecule has 1 N–H and O–H groups in total. The Balaban J connectivity index is 4.10. The second-order valence-corrected chi connectivity index (χ2v) is 23.9. The van der Waals surface area contributed by atoms with Crippen molar-refractivity contribution in [1.82, 2.24) is 0 Å². The predicted octanol–water partition coefficient (Wildman–Crippen LogP) is 19.7. The quantitative estimate of drug-likeness (QED) is 0.0211. The molecular formula is C64H121NO8P+. The van der Waals surface area contributed by atoms with Crippen LogP contribution in [-0.2, 0) is 32.7 Å². The highest BCUT2D eigenvalue weighted by Crippen LogP contribution is 2.43. The van der Waals surface area contributed by atoms with Crippen molar-refractivity contribution >= 4 is 19.8 Å². The summed E-state index contributed by atoms with van der Waals surface area (Å²) >= 11 is 0. The third-order valence-corrected chi connectivity index (χ3v) is 14.8. The van der Waals surface area contributed by atoms with Crippen LogP contribution in [0.2, 0.25) is 0 Å². The summed E-state index contributed by atoms with van der Waals surface area (Å²) < 4.78 is 34.6. The largest absolute Gasteiger partial charge is 0.472 e. The molecule has 0 fully saturated rings. The third kappa shape index (κ3) is 59.2. The molecule has 0 aliphatic heterocycles. The lowest BCUT2D eigenvalue weighted by Gasteiger charge is -2.24. The second kappa shape index (κ2) is 55.7. The average Bonchev–Trinajstić information content (AvgIpc) is 3.36. The Morgan fingerprint density at radius 1 is 0.419 bits per heavy atom. The van der Waals surface area contributed by atoms with Crippen molar-refractivity contribution in [3.63, 3.8) is 0 Å². The smallest absolute Gasteiger partial charge is 0.462 e. The Morgan fingerprint density at radius 2 is 0.730 bits per heavy atom. The SMILES string of the molecule is CCCCCCC/C=C\C/C=C\CCCCCCCCCCCCCCCCCC(=O)OC(COC(=O)CCCCCCCCCCCCC/C=C\C/C=C\CCCCCCC)COP(=O)(O)OCC[N+](C)(C)C. The van der Waals surface area contributed by atoms with Crippen molar-refractivity contribution in [2.75, 3.05) is 47.5 Å². The molecule has 0 saturated carbocycles. The number of allylic oxidation sites excluding steroid dienone is 8. The van der Waals surface area contributed by atoms with Gasteiger partial charge in [0.2, 0.25) is 0 Å². The van der Waals surface area contributed by atoms with E-state index in [4.69, 9.17) is 18.5 Å². The zero-order valence-corrected chi connectivity index (χ0v) is 50.2. The topological polar surface area (TPSA) is 108 Å². The van der Waals surface area contributed by atoms with Crippen molar-refractivity contribution in [3.8, 4) is 0 Å². The molecular weight excluding hydrogens is 942 g/mol. The van der Waals surface area contributed by atoms with E-state index in [-0.39, 0.29) is 32.0 Å². The first-order valence-electron chi connectivity index (χ1n) is 31.4. The van der Waals surface area contributed by atoms with Gasteiger partial charge in [0.25, 0.3) is 0 Å². The van der Waals surface area contributed by atoms with Gasteiger partial charge in [0.15, 0.2) is 6.10 Å². The molecule has 0 amide bonds. The Morgan fingerprint density at radius 3 is 1.07 bits per heavy atom. The fourth-order valence-corrected chi connectivity index (χ4v) is 9.70. The van der Waals surface area contributed by atoms with E-state index in [0.29, 0.717) is 17.4 Å². The lowest BCUT2D eigenvalue weighted by molar-refractivity contribution is -0.870. The number of phosphoric ester groups is 1. The molecule has 2 unspecified atom stereocenters. The number of rotatable bonds is 58. The van der Waals surface area contributed by atoms with Crippen LogP contribution in [-0.4, -0.2) is 74.9 Å². The molecule has 9 nitrogen and oxygen atoms in total. The molecule has 0 aliphatic rings. The predicted molar refractivity (Wildman–Crippen MR) is 317 cm³/mol. The van der Waals surface area contributed by atoms with E-state index >= 15 is 0 Å². The first-order chi connectivity index (χ1) is 36.0. The minimum Gasteiger partial charge on any atom is -0.462 e. The maximum atomic E-state index is 12.8. The molecule has 0 aromatic carbocycles. The summed E-state index contributed by atoms with van der Waals surface area (Å²) in [6.45, 7) is 4.45. The summed E-state index contributed by atoms with van der Waals surface area (Å²) in [7, 11) is 1.48. The molecule has 0 heterocycles. The highest BCUT2D eigenvalue weighted by Gasteiger charge is 2.27. The fourth-order valence-electron chi connectivity index (χ4n) is 8.96. The lowest BCUT2D eigenvalue weighted by Crippen LogP contribution is -2.37. The number of hydrogen-bond acceptors (Lipinski definition) is 7. The molecule has 434 valence electrons. The van der Waals surface area contributed by atoms with Gasteiger partial charge in [-0.2, -0.15) is 0 Å². The molecule has 10 heteroatoms. The van der Waals surface area contributed by atoms with Crippen LogP contribution in [0.5, 0.6) is 0 Å². The van der Waals surface area contributed by atoms with Gasteiger partial charge in [-0.15, -0.1) is 0 Å². The number of carbonyl (C=O) groups is 2. The van der Waals surface area contributed by atoms with Crippen LogP contribution in [0.25, 0.3) is 0 Å². The van der Waals surface area contributed by atoms with E-state index in [0.717, 1.165) is 44.9 Å². The summed E-state index contributed by atoms with van der Waals surface area (Å²) in [6.07, 6.45) is 70.4. The van der Waals surface area contributed by atoms with Gasteiger partial charge in [-0.1, -0.05) is 255 Å². The van der Waals surface area contributed by atoms with E-state index < -0.39 is 26.5 Å². The monoisotopic (exact) mass is 1060 g/mol. The van der Waals surface area contributed by atoms with E-state index in [1.54, 1.807) is 0 Å². The zero-order valence-electron chi connectivity index (χ0n) is 49.3. The number of quaternary nitrogens is 1. The van der Waals surface area contributed by atoms with Crippen LogP contribution >= 0.6 is 7.82 Å². The van der Waals surface area contributed by atoms with Gasteiger partial charge in [-0.05, 0) is 77.0 Å². The Hall–Kier alpha value is -2.03. The van der Waals surface area contributed by atoms with E-state index in [1.165, 1.54) is 218 Å². The number of nitrogens with zero attached hydrogens (tertiary/aromatic N) is 1. The molecule has 0 radical (unpaired) electrons. The minimum atomic E-state index is -4.39. The van der Waals surface area contributed by atoms with Crippen LogP contribution < -0.4 is 0 Å². The van der Waals surface area contributed by atoms with Gasteiger partial charge in [0.05, 0.1) is 27.7 Å². The van der Waals surface area contributed by atoms with E-state index in [2.05, 4.69) is 62.5 Å². The maximum absolute atomic E-state index is 12.8. The Bertz CT molecular complexity index is 1390. The van der Waals surface area contributed by atoms with Crippen LogP contribution in [0.15, 0.2) is 48.6 Å². The summed E-state index contributed by atoms with van der Waals surface area (Å²) in [5.74, 6) is -0.788. The lowest BCUT2D eigenvalue weighted by atomic mass is 10.0. The zero-order chi connectivity index (χ0) is 54.2. The number of ether oxygens (including phenoxy) is 2. The summed E-state index contributed by atoms with van der Waals surface area (Å²) in [6, 6.07) is 0. The number of unbranched alkanes of at least 4 members (excludes halogenated alkanes) is 36. The minimum absolute atomic E-state index is 0.0318. The normalized spacial score (nSPS) is 13.5. The van der Waals surface area contributed by atoms with Crippen LogP contribution in [0.4, 0.5) is 0 Å². The van der Waals surface area contributed by atoms with Gasteiger partial charge < -0.3 is 18.9 Å².